The maximum absolute atomic E-state index is 11.9. The fraction of sp³-hybridized carbons (Fsp3) is 0.158. The van der Waals surface area contributed by atoms with Crippen molar-refractivity contribution in [1.29, 1.82) is 5.26 Å². The van der Waals surface area contributed by atoms with Crippen molar-refractivity contribution >= 4 is 5.97 Å². The molecule has 0 fully saturated rings. The van der Waals surface area contributed by atoms with E-state index in [0.29, 0.717) is 23.6 Å². The van der Waals surface area contributed by atoms with Crippen LogP contribution in [-0.2, 0) is 11.3 Å². The third kappa shape index (κ3) is 3.87. The molecule has 0 aliphatic rings. The lowest BCUT2D eigenvalue weighted by molar-refractivity contribution is 0.0520. The number of carbonyl (C=O) groups is 1. The van der Waals surface area contributed by atoms with Crippen LogP contribution in [0.5, 0.6) is 5.75 Å². The summed E-state index contributed by atoms with van der Waals surface area (Å²) in [4.78, 5) is 11.9. The number of ether oxygens (including phenoxy) is 2. The molecule has 0 amide bonds. The first-order chi connectivity index (χ1) is 12.7. The Hall–Kier alpha value is -3.66. The molecule has 0 atom stereocenters. The molecule has 0 aliphatic heterocycles. The standard InChI is InChI=1S/C19H16N4O3/c1-2-25-19(24)18-17(21-23-22-18)15-7-9-16(10-8-15)26-12-14-5-3-13(11-20)4-6-14/h3-10H,2,12H2,1H3,(H,21,22,23). The number of rotatable bonds is 6. The topological polar surface area (TPSA) is 101 Å². The lowest BCUT2D eigenvalue weighted by Crippen LogP contribution is -2.06. The Labute approximate surface area is 150 Å². The summed E-state index contributed by atoms with van der Waals surface area (Å²) in [5.41, 5.74) is 2.89. The van der Waals surface area contributed by atoms with E-state index < -0.39 is 5.97 Å². The highest BCUT2D eigenvalue weighted by Gasteiger charge is 2.18. The molecule has 130 valence electrons. The third-order valence-corrected chi connectivity index (χ3v) is 3.63. The number of hydrogen-bond acceptors (Lipinski definition) is 6. The minimum absolute atomic E-state index is 0.151. The van der Waals surface area contributed by atoms with E-state index in [1.54, 1.807) is 43.3 Å². The summed E-state index contributed by atoms with van der Waals surface area (Å²) in [5.74, 6) is 0.164. The van der Waals surface area contributed by atoms with Crippen molar-refractivity contribution in [1.82, 2.24) is 15.4 Å². The van der Waals surface area contributed by atoms with Crippen molar-refractivity contribution in [2.75, 3.05) is 6.61 Å². The number of nitrogens with zero attached hydrogens (tertiary/aromatic N) is 3. The Morgan fingerprint density at radius 3 is 2.50 bits per heavy atom. The van der Waals surface area contributed by atoms with Gasteiger partial charge < -0.3 is 9.47 Å². The number of nitriles is 1. The Kier molecular flexibility index (Phi) is 5.25. The monoisotopic (exact) mass is 348 g/mol. The van der Waals surface area contributed by atoms with Crippen molar-refractivity contribution in [3.05, 3.63) is 65.4 Å². The molecule has 1 heterocycles. The highest BCUT2D eigenvalue weighted by atomic mass is 16.5. The SMILES string of the molecule is CCOC(=O)c1n[nH]nc1-c1ccc(OCc2ccc(C#N)cc2)cc1. The van der Waals surface area contributed by atoms with Crippen molar-refractivity contribution in [3.63, 3.8) is 0 Å². The van der Waals surface area contributed by atoms with Crippen LogP contribution in [0.4, 0.5) is 0 Å². The van der Waals surface area contributed by atoms with Gasteiger partial charge in [0.2, 0.25) is 0 Å². The zero-order valence-electron chi connectivity index (χ0n) is 14.1. The van der Waals surface area contributed by atoms with Crippen molar-refractivity contribution in [2.45, 2.75) is 13.5 Å². The molecule has 2 aromatic carbocycles. The van der Waals surface area contributed by atoms with Gasteiger partial charge in [-0.25, -0.2) is 4.79 Å². The molecule has 0 aliphatic carbocycles. The number of H-pyrrole nitrogens is 1. The second-order valence-corrected chi connectivity index (χ2v) is 5.36. The van der Waals surface area contributed by atoms with Gasteiger partial charge in [-0.05, 0) is 48.9 Å². The number of esters is 1. The predicted molar refractivity (Wildman–Crippen MR) is 93.3 cm³/mol. The van der Waals surface area contributed by atoms with E-state index in [1.807, 2.05) is 12.1 Å². The number of benzene rings is 2. The first kappa shape index (κ1) is 17.2. The van der Waals surface area contributed by atoms with E-state index in [4.69, 9.17) is 14.7 Å². The van der Waals surface area contributed by atoms with Crippen molar-refractivity contribution < 1.29 is 14.3 Å². The van der Waals surface area contributed by atoms with Crippen LogP contribution in [0.2, 0.25) is 0 Å². The number of nitrogens with one attached hydrogen (secondary N) is 1. The zero-order valence-corrected chi connectivity index (χ0v) is 14.1. The van der Waals surface area contributed by atoms with Crippen molar-refractivity contribution in [2.24, 2.45) is 0 Å². The van der Waals surface area contributed by atoms with Gasteiger partial charge in [-0.1, -0.05) is 12.1 Å². The highest BCUT2D eigenvalue weighted by Crippen LogP contribution is 2.23. The third-order valence-electron chi connectivity index (χ3n) is 3.63. The molecule has 0 saturated carbocycles. The van der Waals surface area contributed by atoms with E-state index in [9.17, 15) is 4.79 Å². The van der Waals surface area contributed by atoms with Gasteiger partial charge >= 0.3 is 5.97 Å². The molecule has 0 unspecified atom stereocenters. The van der Waals surface area contributed by atoms with Gasteiger partial charge in [-0.2, -0.15) is 15.6 Å². The number of hydrogen-bond donors (Lipinski definition) is 1. The van der Waals surface area contributed by atoms with Gasteiger partial charge in [-0.3, -0.25) is 0 Å². The van der Waals surface area contributed by atoms with E-state index in [-0.39, 0.29) is 12.3 Å². The lowest BCUT2D eigenvalue weighted by Gasteiger charge is -2.07. The average Bonchev–Trinajstić information content (AvgIpc) is 3.17. The van der Waals surface area contributed by atoms with E-state index in [0.717, 1.165) is 11.1 Å². The molecule has 0 spiro atoms. The van der Waals surface area contributed by atoms with Gasteiger partial charge in [0.15, 0.2) is 5.69 Å². The summed E-state index contributed by atoms with van der Waals surface area (Å²) in [7, 11) is 0. The smallest absolute Gasteiger partial charge is 0.361 e. The molecular formula is C19H16N4O3. The van der Waals surface area contributed by atoms with Crippen LogP contribution in [0.25, 0.3) is 11.3 Å². The molecular weight excluding hydrogens is 332 g/mol. The van der Waals surface area contributed by atoms with Crippen LogP contribution in [0.3, 0.4) is 0 Å². The zero-order chi connectivity index (χ0) is 18.4. The summed E-state index contributed by atoms with van der Waals surface area (Å²) in [6.45, 7) is 2.40. The van der Waals surface area contributed by atoms with E-state index in [1.165, 1.54) is 0 Å². The second kappa shape index (κ2) is 7.94. The lowest BCUT2D eigenvalue weighted by atomic mass is 10.1. The molecule has 0 saturated heterocycles. The van der Waals surface area contributed by atoms with Crippen LogP contribution >= 0.6 is 0 Å². The normalized spacial score (nSPS) is 10.2. The summed E-state index contributed by atoms with van der Waals surface area (Å²) < 4.78 is 10.7. The van der Waals surface area contributed by atoms with Crippen LogP contribution in [0.1, 0.15) is 28.5 Å². The fourth-order valence-corrected chi connectivity index (χ4v) is 2.33. The minimum Gasteiger partial charge on any atom is -0.489 e. The van der Waals surface area contributed by atoms with Gasteiger partial charge in [0.1, 0.15) is 18.1 Å². The van der Waals surface area contributed by atoms with Crippen LogP contribution in [-0.4, -0.2) is 28.0 Å². The molecule has 0 radical (unpaired) electrons. The van der Waals surface area contributed by atoms with Gasteiger partial charge in [0.05, 0.1) is 18.2 Å². The van der Waals surface area contributed by atoms with Crippen molar-refractivity contribution in [3.8, 4) is 23.1 Å². The van der Waals surface area contributed by atoms with Gasteiger partial charge in [0.25, 0.3) is 0 Å². The molecule has 0 bridgehead atoms. The Morgan fingerprint density at radius 2 is 1.85 bits per heavy atom. The second-order valence-electron chi connectivity index (χ2n) is 5.36. The predicted octanol–water partition coefficient (Wildman–Crippen LogP) is 3.10. The number of aromatic nitrogens is 3. The molecule has 1 N–H and O–H groups in total. The average molecular weight is 348 g/mol. The summed E-state index contributed by atoms with van der Waals surface area (Å²) in [6.07, 6.45) is 0. The maximum atomic E-state index is 11.9. The molecule has 1 aromatic heterocycles. The maximum Gasteiger partial charge on any atom is 0.361 e. The molecule has 3 aromatic rings. The molecule has 7 heteroatoms. The van der Waals surface area contributed by atoms with Crippen LogP contribution in [0.15, 0.2) is 48.5 Å². The summed E-state index contributed by atoms with van der Waals surface area (Å²) in [5, 5.41) is 19.1. The summed E-state index contributed by atoms with van der Waals surface area (Å²) >= 11 is 0. The largest absolute Gasteiger partial charge is 0.489 e. The first-order valence-electron chi connectivity index (χ1n) is 8.01. The van der Waals surface area contributed by atoms with E-state index in [2.05, 4.69) is 21.5 Å². The fourth-order valence-electron chi connectivity index (χ4n) is 2.33. The Morgan fingerprint density at radius 1 is 1.12 bits per heavy atom. The summed E-state index contributed by atoms with van der Waals surface area (Å²) in [6, 6.07) is 16.5. The Balaban J connectivity index is 1.68. The van der Waals surface area contributed by atoms with E-state index >= 15 is 0 Å². The quantitative estimate of drug-likeness (QED) is 0.687. The van der Waals surface area contributed by atoms with Crippen LogP contribution in [0, 0.1) is 11.3 Å². The first-order valence-corrected chi connectivity index (χ1v) is 8.01. The van der Waals surface area contributed by atoms with Gasteiger partial charge in [-0.15, -0.1) is 5.10 Å². The molecule has 3 rings (SSSR count). The minimum atomic E-state index is -0.516. The molecule has 7 nitrogen and oxygen atoms in total. The number of aromatic amines is 1. The number of carbonyl (C=O) groups excluding carboxylic acids is 1. The Bertz CT molecular complexity index is 925. The highest BCUT2D eigenvalue weighted by molar-refractivity contribution is 5.93. The van der Waals surface area contributed by atoms with Crippen LogP contribution < -0.4 is 4.74 Å². The van der Waals surface area contributed by atoms with Gasteiger partial charge in [0, 0.05) is 5.56 Å². The molecule has 26 heavy (non-hydrogen) atoms.